The first-order valence-corrected chi connectivity index (χ1v) is 8.39. The molecule has 0 aliphatic carbocycles. The second-order valence-corrected chi connectivity index (χ2v) is 5.93. The second-order valence-electron chi connectivity index (χ2n) is 4.94. The highest BCUT2D eigenvalue weighted by Crippen LogP contribution is 2.09. The molecule has 2 aromatic rings. The van der Waals surface area contributed by atoms with Crippen LogP contribution in [0.25, 0.3) is 0 Å². The highest BCUT2D eigenvalue weighted by Gasteiger charge is 2.03. The van der Waals surface area contributed by atoms with Crippen LogP contribution in [0, 0.1) is 6.92 Å². The predicted molar refractivity (Wildman–Crippen MR) is 87.4 cm³/mol. The van der Waals surface area contributed by atoms with Gasteiger partial charge in [0.1, 0.15) is 5.82 Å². The maximum Gasteiger partial charge on any atom is 0.221 e. The molecule has 0 bridgehead atoms. The van der Waals surface area contributed by atoms with Crippen LogP contribution in [-0.2, 0) is 17.9 Å². The zero-order chi connectivity index (χ0) is 15.1. The molecule has 21 heavy (non-hydrogen) atoms. The van der Waals surface area contributed by atoms with E-state index in [-0.39, 0.29) is 5.91 Å². The molecule has 0 spiro atoms. The Bertz CT molecular complexity index is 595. The van der Waals surface area contributed by atoms with Crippen molar-refractivity contribution >= 4 is 17.7 Å². The van der Waals surface area contributed by atoms with Crippen molar-refractivity contribution in [3.63, 3.8) is 0 Å². The van der Waals surface area contributed by atoms with Crippen molar-refractivity contribution in [3.8, 4) is 0 Å². The minimum Gasteiger partial charge on any atom is -0.352 e. The molecule has 1 heterocycles. The van der Waals surface area contributed by atoms with Crippen LogP contribution in [0.3, 0.4) is 0 Å². The fraction of sp³-hybridized carbons (Fsp3) is 0.375. The number of carbonyl (C=O) groups excluding carboxylic acids is 1. The number of hydrogen-bond acceptors (Lipinski definition) is 3. The molecule has 5 heteroatoms. The van der Waals surface area contributed by atoms with Crippen LogP contribution in [-0.4, -0.2) is 27.5 Å². The molecule has 0 aliphatic rings. The number of nitrogens with zero attached hydrogens (tertiary/aromatic N) is 2. The van der Waals surface area contributed by atoms with Gasteiger partial charge in [-0.2, -0.15) is 11.8 Å². The number of thioether (sulfide) groups is 1. The first kappa shape index (κ1) is 15.6. The van der Waals surface area contributed by atoms with Gasteiger partial charge in [0.25, 0.3) is 0 Å². The standard InChI is InChI=1S/C16H21N3OS/c1-13-17-7-8-19(13)12-15-5-3-4-14(10-15)11-18-16(20)6-9-21-2/h3-5,7-8,10H,6,9,11-12H2,1-2H3,(H,18,20). The summed E-state index contributed by atoms with van der Waals surface area (Å²) in [5.74, 6) is 1.98. The van der Waals surface area contributed by atoms with E-state index in [1.54, 1.807) is 11.8 Å². The minimum atomic E-state index is 0.111. The van der Waals surface area contributed by atoms with Crippen LogP contribution in [0.5, 0.6) is 0 Å². The zero-order valence-electron chi connectivity index (χ0n) is 12.5. The third-order valence-corrected chi connectivity index (χ3v) is 3.90. The molecule has 0 fully saturated rings. The van der Waals surface area contributed by atoms with Gasteiger partial charge in [0, 0.05) is 37.7 Å². The Morgan fingerprint density at radius 2 is 2.19 bits per heavy atom. The first-order chi connectivity index (χ1) is 10.2. The maximum atomic E-state index is 11.6. The van der Waals surface area contributed by atoms with Gasteiger partial charge < -0.3 is 9.88 Å². The highest BCUT2D eigenvalue weighted by atomic mass is 32.2. The third kappa shape index (κ3) is 4.93. The molecule has 0 unspecified atom stereocenters. The zero-order valence-corrected chi connectivity index (χ0v) is 13.3. The lowest BCUT2D eigenvalue weighted by Gasteiger charge is -2.09. The topological polar surface area (TPSA) is 46.9 Å². The van der Waals surface area contributed by atoms with Gasteiger partial charge in [-0.05, 0) is 24.3 Å². The molecule has 1 aromatic carbocycles. The second kappa shape index (κ2) is 7.88. The SMILES string of the molecule is CSCCC(=O)NCc1cccc(Cn2ccnc2C)c1. The molecular formula is C16H21N3OS. The van der Waals surface area contributed by atoms with Crippen molar-refractivity contribution in [2.45, 2.75) is 26.4 Å². The molecule has 4 nitrogen and oxygen atoms in total. The van der Waals surface area contributed by atoms with Crippen molar-refractivity contribution in [2.24, 2.45) is 0 Å². The lowest BCUT2D eigenvalue weighted by atomic mass is 10.1. The van der Waals surface area contributed by atoms with Gasteiger partial charge in [-0.15, -0.1) is 0 Å². The van der Waals surface area contributed by atoms with Crippen LogP contribution in [0.4, 0.5) is 0 Å². The molecule has 0 saturated carbocycles. The maximum absolute atomic E-state index is 11.6. The van der Waals surface area contributed by atoms with E-state index in [2.05, 4.69) is 27.0 Å². The Morgan fingerprint density at radius 3 is 2.90 bits per heavy atom. The summed E-state index contributed by atoms with van der Waals surface area (Å²) >= 11 is 1.69. The molecule has 112 valence electrons. The molecule has 0 saturated heterocycles. The Morgan fingerprint density at radius 1 is 1.38 bits per heavy atom. The summed E-state index contributed by atoms with van der Waals surface area (Å²) in [4.78, 5) is 15.9. The van der Waals surface area contributed by atoms with E-state index >= 15 is 0 Å². The number of carbonyl (C=O) groups is 1. The largest absolute Gasteiger partial charge is 0.352 e. The van der Waals surface area contributed by atoms with E-state index in [4.69, 9.17) is 0 Å². The third-order valence-electron chi connectivity index (χ3n) is 3.29. The number of amides is 1. The van der Waals surface area contributed by atoms with Gasteiger partial charge in [-0.1, -0.05) is 24.3 Å². The molecular weight excluding hydrogens is 282 g/mol. The van der Waals surface area contributed by atoms with Gasteiger partial charge >= 0.3 is 0 Å². The minimum absolute atomic E-state index is 0.111. The summed E-state index contributed by atoms with van der Waals surface area (Å²) in [6.45, 7) is 3.39. The number of rotatable bonds is 7. The predicted octanol–water partition coefficient (Wildman–Crippen LogP) is 2.61. The monoisotopic (exact) mass is 303 g/mol. The van der Waals surface area contributed by atoms with Crippen molar-refractivity contribution in [1.29, 1.82) is 0 Å². The van der Waals surface area contributed by atoms with Crippen molar-refractivity contribution < 1.29 is 4.79 Å². The van der Waals surface area contributed by atoms with E-state index in [0.717, 1.165) is 23.7 Å². The number of benzene rings is 1. The number of aromatic nitrogens is 2. The fourth-order valence-corrected chi connectivity index (χ4v) is 2.48. The highest BCUT2D eigenvalue weighted by molar-refractivity contribution is 7.98. The van der Waals surface area contributed by atoms with E-state index in [1.807, 2.05) is 37.7 Å². The molecule has 0 aliphatic heterocycles. The number of aryl methyl sites for hydroxylation is 1. The first-order valence-electron chi connectivity index (χ1n) is 7.00. The molecule has 0 atom stereocenters. The summed E-state index contributed by atoms with van der Waals surface area (Å²) in [5.41, 5.74) is 2.34. The summed E-state index contributed by atoms with van der Waals surface area (Å²) in [7, 11) is 0. The smallest absolute Gasteiger partial charge is 0.221 e. The van der Waals surface area contributed by atoms with Gasteiger partial charge in [0.2, 0.25) is 5.91 Å². The Kier molecular flexibility index (Phi) is 5.87. The molecule has 1 aromatic heterocycles. The van der Waals surface area contributed by atoms with Gasteiger partial charge in [-0.3, -0.25) is 4.79 Å². The summed E-state index contributed by atoms with van der Waals surface area (Å²) < 4.78 is 2.11. The quantitative estimate of drug-likeness (QED) is 0.855. The lowest BCUT2D eigenvalue weighted by Crippen LogP contribution is -2.23. The van der Waals surface area contributed by atoms with E-state index in [9.17, 15) is 4.79 Å². The summed E-state index contributed by atoms with van der Waals surface area (Å²) in [6, 6.07) is 8.30. The van der Waals surface area contributed by atoms with Gasteiger partial charge in [-0.25, -0.2) is 4.98 Å². The van der Waals surface area contributed by atoms with Crippen LogP contribution < -0.4 is 5.32 Å². The fourth-order valence-electron chi connectivity index (χ4n) is 2.09. The van der Waals surface area contributed by atoms with Gasteiger partial charge in [0.05, 0.1) is 0 Å². The molecule has 1 amide bonds. The van der Waals surface area contributed by atoms with Crippen LogP contribution in [0.2, 0.25) is 0 Å². The van der Waals surface area contributed by atoms with E-state index < -0.39 is 0 Å². The van der Waals surface area contributed by atoms with Gasteiger partial charge in [0.15, 0.2) is 0 Å². The average Bonchev–Trinajstić information content (AvgIpc) is 2.88. The molecule has 1 N–H and O–H groups in total. The van der Waals surface area contributed by atoms with Crippen molar-refractivity contribution in [2.75, 3.05) is 12.0 Å². The number of imidazole rings is 1. The van der Waals surface area contributed by atoms with E-state index in [1.165, 1.54) is 5.56 Å². The van der Waals surface area contributed by atoms with Crippen LogP contribution in [0.1, 0.15) is 23.4 Å². The summed E-state index contributed by atoms with van der Waals surface area (Å²) in [5, 5.41) is 2.96. The van der Waals surface area contributed by atoms with Crippen molar-refractivity contribution in [3.05, 3.63) is 53.6 Å². The molecule has 2 rings (SSSR count). The number of hydrogen-bond donors (Lipinski definition) is 1. The average molecular weight is 303 g/mol. The lowest BCUT2D eigenvalue weighted by molar-refractivity contribution is -0.120. The van der Waals surface area contributed by atoms with Crippen LogP contribution >= 0.6 is 11.8 Å². The number of nitrogens with one attached hydrogen (secondary N) is 1. The van der Waals surface area contributed by atoms with E-state index in [0.29, 0.717) is 13.0 Å². The van der Waals surface area contributed by atoms with Crippen molar-refractivity contribution in [1.82, 2.24) is 14.9 Å². The summed E-state index contributed by atoms with van der Waals surface area (Å²) in [6.07, 6.45) is 6.38. The Labute approximate surface area is 130 Å². The Balaban J connectivity index is 1.92. The molecule has 0 radical (unpaired) electrons. The normalized spacial score (nSPS) is 10.6. The van der Waals surface area contributed by atoms with Crippen LogP contribution in [0.15, 0.2) is 36.7 Å². The Hall–Kier alpha value is -1.75.